The third kappa shape index (κ3) is 4.49. The number of hydrogen-bond acceptors (Lipinski definition) is 3. The van der Waals surface area contributed by atoms with Gasteiger partial charge in [-0.25, -0.2) is 0 Å². The fourth-order valence-corrected chi connectivity index (χ4v) is 2.08. The molecule has 1 rings (SSSR count). The number of amides is 1. The summed E-state index contributed by atoms with van der Waals surface area (Å²) in [7, 11) is 1.63. The Bertz CT molecular complexity index is 201. The Morgan fingerprint density at radius 1 is 1.44 bits per heavy atom. The van der Waals surface area contributed by atoms with Crippen LogP contribution >= 0.6 is 0 Å². The van der Waals surface area contributed by atoms with Crippen LogP contribution in [0.4, 0.5) is 0 Å². The Labute approximate surface area is 98.3 Å². The lowest BCUT2D eigenvalue weighted by atomic mass is 9.96. The summed E-state index contributed by atoms with van der Waals surface area (Å²) in [4.78, 5) is 13.7. The van der Waals surface area contributed by atoms with E-state index in [1.54, 1.807) is 7.11 Å². The molecule has 1 N–H and O–H groups in total. The van der Waals surface area contributed by atoms with Gasteiger partial charge in [0.15, 0.2) is 0 Å². The summed E-state index contributed by atoms with van der Waals surface area (Å²) >= 11 is 0. The van der Waals surface area contributed by atoms with Crippen LogP contribution in [0.25, 0.3) is 0 Å². The van der Waals surface area contributed by atoms with E-state index in [-0.39, 0.29) is 5.91 Å². The second-order valence-corrected chi connectivity index (χ2v) is 4.37. The van der Waals surface area contributed by atoms with Crippen molar-refractivity contribution in [3.8, 4) is 0 Å². The lowest BCUT2D eigenvalue weighted by molar-refractivity contribution is -0.133. The number of piperidine rings is 1. The van der Waals surface area contributed by atoms with Gasteiger partial charge in [-0.2, -0.15) is 0 Å². The van der Waals surface area contributed by atoms with E-state index in [9.17, 15) is 4.79 Å². The number of carbonyl (C=O) groups excluding carboxylic acids is 1. The number of hydrogen-bond donors (Lipinski definition) is 1. The summed E-state index contributed by atoms with van der Waals surface area (Å²) in [6.45, 7) is 6.63. The molecule has 0 unspecified atom stereocenters. The number of carbonyl (C=O) groups is 1. The number of ether oxygens (including phenoxy) is 1. The quantitative estimate of drug-likeness (QED) is 0.733. The smallest absolute Gasteiger partial charge is 0.224 e. The zero-order valence-electron chi connectivity index (χ0n) is 10.5. The molecule has 0 saturated carbocycles. The number of rotatable bonds is 6. The summed E-state index contributed by atoms with van der Waals surface area (Å²) in [5.74, 6) is 0.982. The molecule has 0 atom stereocenters. The monoisotopic (exact) mass is 228 g/mol. The SMILES string of the molecule is CCNCC1CCN(C(=O)CCOC)CC1. The first-order valence-electron chi connectivity index (χ1n) is 6.25. The molecule has 0 aliphatic carbocycles. The molecule has 0 radical (unpaired) electrons. The molecule has 4 heteroatoms. The van der Waals surface area contributed by atoms with Crippen molar-refractivity contribution in [2.75, 3.05) is 39.9 Å². The van der Waals surface area contributed by atoms with Gasteiger partial charge in [0.05, 0.1) is 13.0 Å². The standard InChI is InChI=1S/C12H24N2O2/c1-3-13-10-11-4-7-14(8-5-11)12(15)6-9-16-2/h11,13H,3-10H2,1-2H3. The summed E-state index contributed by atoms with van der Waals surface area (Å²) in [5, 5.41) is 3.37. The molecular formula is C12H24N2O2. The Kier molecular flexibility index (Phi) is 6.42. The zero-order chi connectivity index (χ0) is 11.8. The molecule has 0 aromatic carbocycles. The number of likely N-dealkylation sites (tertiary alicyclic amines) is 1. The van der Waals surface area contributed by atoms with E-state index in [1.165, 1.54) is 0 Å². The Morgan fingerprint density at radius 2 is 2.12 bits per heavy atom. The van der Waals surface area contributed by atoms with Crippen LogP contribution in [-0.2, 0) is 9.53 Å². The fraction of sp³-hybridized carbons (Fsp3) is 0.917. The molecule has 16 heavy (non-hydrogen) atoms. The van der Waals surface area contributed by atoms with Crippen molar-refractivity contribution in [1.82, 2.24) is 10.2 Å². The lowest BCUT2D eigenvalue weighted by Crippen LogP contribution is -2.41. The minimum absolute atomic E-state index is 0.240. The zero-order valence-corrected chi connectivity index (χ0v) is 10.5. The summed E-state index contributed by atoms with van der Waals surface area (Å²) < 4.78 is 4.92. The average molecular weight is 228 g/mol. The van der Waals surface area contributed by atoms with E-state index >= 15 is 0 Å². The van der Waals surface area contributed by atoms with E-state index in [2.05, 4.69) is 12.2 Å². The van der Waals surface area contributed by atoms with Crippen molar-refractivity contribution in [2.24, 2.45) is 5.92 Å². The minimum atomic E-state index is 0.240. The highest BCUT2D eigenvalue weighted by Crippen LogP contribution is 2.16. The summed E-state index contributed by atoms with van der Waals surface area (Å²) in [6.07, 6.45) is 2.78. The predicted molar refractivity (Wildman–Crippen MR) is 64.3 cm³/mol. The van der Waals surface area contributed by atoms with Gasteiger partial charge in [-0.1, -0.05) is 6.92 Å². The van der Waals surface area contributed by atoms with Crippen molar-refractivity contribution in [2.45, 2.75) is 26.2 Å². The van der Waals surface area contributed by atoms with Crippen LogP contribution in [-0.4, -0.2) is 50.7 Å². The third-order valence-corrected chi connectivity index (χ3v) is 3.17. The first kappa shape index (κ1) is 13.5. The molecule has 0 spiro atoms. The number of methoxy groups -OCH3 is 1. The van der Waals surface area contributed by atoms with Crippen LogP contribution in [0.3, 0.4) is 0 Å². The van der Waals surface area contributed by atoms with Crippen LogP contribution in [0.2, 0.25) is 0 Å². The molecule has 1 heterocycles. The minimum Gasteiger partial charge on any atom is -0.384 e. The van der Waals surface area contributed by atoms with Crippen molar-refractivity contribution in [1.29, 1.82) is 0 Å². The van der Waals surface area contributed by atoms with E-state index < -0.39 is 0 Å². The van der Waals surface area contributed by atoms with Gasteiger partial charge in [0.2, 0.25) is 5.91 Å². The molecule has 0 bridgehead atoms. The number of nitrogens with zero attached hydrogens (tertiary/aromatic N) is 1. The van der Waals surface area contributed by atoms with Crippen molar-refractivity contribution in [3.05, 3.63) is 0 Å². The summed E-state index contributed by atoms with van der Waals surface area (Å²) in [6, 6.07) is 0. The molecule has 1 aliphatic heterocycles. The highest BCUT2D eigenvalue weighted by atomic mass is 16.5. The highest BCUT2D eigenvalue weighted by molar-refractivity contribution is 5.76. The first-order chi connectivity index (χ1) is 7.77. The second kappa shape index (κ2) is 7.63. The van der Waals surface area contributed by atoms with Gasteiger partial charge in [0.1, 0.15) is 0 Å². The van der Waals surface area contributed by atoms with Crippen LogP contribution in [0.5, 0.6) is 0 Å². The predicted octanol–water partition coefficient (Wildman–Crippen LogP) is 0.871. The Hall–Kier alpha value is -0.610. The number of nitrogens with one attached hydrogen (secondary N) is 1. The van der Waals surface area contributed by atoms with Gasteiger partial charge in [-0.15, -0.1) is 0 Å². The second-order valence-electron chi connectivity index (χ2n) is 4.37. The molecule has 1 saturated heterocycles. The van der Waals surface area contributed by atoms with E-state index in [1.807, 2.05) is 4.90 Å². The van der Waals surface area contributed by atoms with Crippen molar-refractivity contribution in [3.63, 3.8) is 0 Å². The first-order valence-corrected chi connectivity index (χ1v) is 6.25. The Morgan fingerprint density at radius 3 is 2.69 bits per heavy atom. The van der Waals surface area contributed by atoms with Crippen molar-refractivity contribution < 1.29 is 9.53 Å². The average Bonchev–Trinajstić information content (AvgIpc) is 2.34. The van der Waals surface area contributed by atoms with E-state index in [0.717, 1.165) is 44.9 Å². The largest absolute Gasteiger partial charge is 0.384 e. The van der Waals surface area contributed by atoms with Gasteiger partial charge in [0.25, 0.3) is 0 Å². The molecule has 4 nitrogen and oxygen atoms in total. The highest BCUT2D eigenvalue weighted by Gasteiger charge is 2.21. The third-order valence-electron chi connectivity index (χ3n) is 3.17. The molecule has 1 amide bonds. The fourth-order valence-electron chi connectivity index (χ4n) is 2.08. The van der Waals surface area contributed by atoms with Crippen molar-refractivity contribution >= 4 is 5.91 Å². The maximum atomic E-state index is 11.7. The van der Waals surface area contributed by atoms with Crippen LogP contribution < -0.4 is 5.32 Å². The molecule has 0 aromatic heterocycles. The van der Waals surface area contributed by atoms with Gasteiger partial charge in [-0.3, -0.25) is 4.79 Å². The van der Waals surface area contributed by atoms with Gasteiger partial charge in [-0.05, 0) is 31.8 Å². The van der Waals surface area contributed by atoms with Gasteiger partial charge in [0, 0.05) is 20.2 Å². The van der Waals surface area contributed by atoms with Gasteiger partial charge >= 0.3 is 0 Å². The molecule has 0 aromatic rings. The lowest BCUT2D eigenvalue weighted by Gasteiger charge is -2.32. The molecular weight excluding hydrogens is 204 g/mol. The molecule has 1 aliphatic rings. The van der Waals surface area contributed by atoms with Crippen LogP contribution in [0, 0.1) is 5.92 Å². The van der Waals surface area contributed by atoms with E-state index in [0.29, 0.717) is 13.0 Å². The van der Waals surface area contributed by atoms with Crippen LogP contribution in [0.1, 0.15) is 26.2 Å². The van der Waals surface area contributed by atoms with Gasteiger partial charge < -0.3 is 15.0 Å². The topological polar surface area (TPSA) is 41.6 Å². The normalized spacial score (nSPS) is 17.8. The maximum Gasteiger partial charge on any atom is 0.224 e. The summed E-state index contributed by atoms with van der Waals surface area (Å²) in [5.41, 5.74) is 0. The maximum absolute atomic E-state index is 11.7. The Balaban J connectivity index is 2.18. The van der Waals surface area contributed by atoms with E-state index in [4.69, 9.17) is 4.74 Å². The van der Waals surface area contributed by atoms with Crippen LogP contribution in [0.15, 0.2) is 0 Å². The molecule has 94 valence electrons. The molecule has 1 fully saturated rings.